The quantitative estimate of drug-likeness (QED) is 0.872. The summed E-state index contributed by atoms with van der Waals surface area (Å²) in [5, 5.41) is 3.09. The predicted molar refractivity (Wildman–Crippen MR) is 74.0 cm³/mol. The number of halogens is 2. The Labute approximate surface area is 112 Å². The van der Waals surface area contributed by atoms with Crippen LogP contribution < -0.4 is 5.32 Å². The van der Waals surface area contributed by atoms with Gasteiger partial charge in [0.1, 0.15) is 11.6 Å². The molecule has 2 aromatic carbocycles. The Balaban J connectivity index is 2.57. The third-order valence-corrected chi connectivity index (χ3v) is 3.34. The molecule has 0 spiro atoms. The van der Waals surface area contributed by atoms with Crippen molar-refractivity contribution in [2.75, 3.05) is 7.05 Å². The number of nitrogens with one attached hydrogen (secondary N) is 1. The molecule has 3 heteroatoms. The lowest BCUT2D eigenvalue weighted by Gasteiger charge is -2.13. The highest BCUT2D eigenvalue weighted by atomic mass is 19.1. The first kappa shape index (κ1) is 13.7. The first-order chi connectivity index (χ1) is 9.02. The van der Waals surface area contributed by atoms with E-state index >= 15 is 0 Å². The molecule has 2 aromatic rings. The van der Waals surface area contributed by atoms with Gasteiger partial charge in [0.15, 0.2) is 0 Å². The van der Waals surface area contributed by atoms with Gasteiger partial charge in [0.05, 0.1) is 0 Å². The van der Waals surface area contributed by atoms with Crippen LogP contribution in [0.2, 0.25) is 0 Å². The SMILES string of the molecule is CNC(C)c1ccc(F)c(-c2cc(C)ccc2F)c1. The number of benzene rings is 2. The van der Waals surface area contributed by atoms with E-state index in [0.29, 0.717) is 11.1 Å². The normalized spacial score (nSPS) is 12.5. The summed E-state index contributed by atoms with van der Waals surface area (Å²) in [4.78, 5) is 0. The van der Waals surface area contributed by atoms with Crippen LogP contribution in [0.3, 0.4) is 0 Å². The van der Waals surface area contributed by atoms with E-state index in [0.717, 1.165) is 11.1 Å². The molecular weight excluding hydrogens is 244 g/mol. The zero-order valence-corrected chi connectivity index (χ0v) is 11.3. The van der Waals surface area contributed by atoms with Crippen LogP contribution in [0.15, 0.2) is 36.4 Å². The molecule has 0 radical (unpaired) electrons. The van der Waals surface area contributed by atoms with E-state index in [1.807, 2.05) is 20.9 Å². The van der Waals surface area contributed by atoms with E-state index in [1.165, 1.54) is 12.1 Å². The van der Waals surface area contributed by atoms with Gasteiger partial charge in [-0.2, -0.15) is 0 Å². The second-order valence-corrected chi connectivity index (χ2v) is 4.73. The van der Waals surface area contributed by atoms with Gasteiger partial charge >= 0.3 is 0 Å². The standard InChI is InChI=1S/C16H17F2N/c1-10-4-6-15(17)13(8-10)14-9-12(11(2)19-3)5-7-16(14)18/h4-9,11,19H,1-3H3. The summed E-state index contributed by atoms with van der Waals surface area (Å²) in [6, 6.07) is 9.62. The first-order valence-electron chi connectivity index (χ1n) is 6.26. The molecule has 0 aromatic heterocycles. The molecule has 2 rings (SSSR count). The maximum atomic E-state index is 13.9. The van der Waals surface area contributed by atoms with Gasteiger partial charge in [0, 0.05) is 17.2 Å². The summed E-state index contributed by atoms with van der Waals surface area (Å²) in [6.45, 7) is 3.84. The molecule has 0 saturated heterocycles. The van der Waals surface area contributed by atoms with Crippen molar-refractivity contribution in [2.24, 2.45) is 0 Å². The molecular formula is C16H17F2N. The highest BCUT2D eigenvalue weighted by molar-refractivity contribution is 5.66. The summed E-state index contributed by atoms with van der Waals surface area (Å²) < 4.78 is 27.8. The maximum absolute atomic E-state index is 13.9. The van der Waals surface area contributed by atoms with E-state index in [-0.39, 0.29) is 6.04 Å². The average Bonchev–Trinajstić information content (AvgIpc) is 2.41. The topological polar surface area (TPSA) is 12.0 Å². The molecule has 1 nitrogen and oxygen atoms in total. The molecule has 0 aliphatic carbocycles. The van der Waals surface area contributed by atoms with Crippen LogP contribution >= 0.6 is 0 Å². The van der Waals surface area contributed by atoms with Gasteiger partial charge < -0.3 is 5.32 Å². The summed E-state index contributed by atoms with van der Waals surface area (Å²) in [7, 11) is 1.83. The molecule has 0 aliphatic heterocycles. The highest BCUT2D eigenvalue weighted by Crippen LogP contribution is 2.29. The van der Waals surface area contributed by atoms with E-state index in [1.54, 1.807) is 24.3 Å². The number of rotatable bonds is 3. The van der Waals surface area contributed by atoms with Crippen LogP contribution in [0.1, 0.15) is 24.1 Å². The van der Waals surface area contributed by atoms with Gasteiger partial charge in [0.25, 0.3) is 0 Å². The molecule has 100 valence electrons. The minimum Gasteiger partial charge on any atom is -0.313 e. The first-order valence-corrected chi connectivity index (χ1v) is 6.26. The Morgan fingerprint density at radius 2 is 1.53 bits per heavy atom. The van der Waals surface area contributed by atoms with Gasteiger partial charge in [-0.15, -0.1) is 0 Å². The molecule has 0 bridgehead atoms. The van der Waals surface area contributed by atoms with Crippen molar-refractivity contribution in [3.63, 3.8) is 0 Å². The summed E-state index contributed by atoms with van der Waals surface area (Å²) >= 11 is 0. The molecule has 19 heavy (non-hydrogen) atoms. The van der Waals surface area contributed by atoms with Crippen molar-refractivity contribution >= 4 is 0 Å². The smallest absolute Gasteiger partial charge is 0.131 e. The second-order valence-electron chi connectivity index (χ2n) is 4.73. The van der Waals surface area contributed by atoms with Crippen LogP contribution in [0, 0.1) is 18.6 Å². The van der Waals surface area contributed by atoms with Crippen LogP contribution in [-0.4, -0.2) is 7.05 Å². The Morgan fingerprint density at radius 1 is 0.947 bits per heavy atom. The fourth-order valence-electron chi connectivity index (χ4n) is 2.03. The van der Waals surface area contributed by atoms with Crippen LogP contribution in [0.25, 0.3) is 11.1 Å². The van der Waals surface area contributed by atoms with Crippen LogP contribution in [0.4, 0.5) is 8.78 Å². The van der Waals surface area contributed by atoms with Crippen molar-refractivity contribution in [3.05, 3.63) is 59.2 Å². The maximum Gasteiger partial charge on any atom is 0.131 e. The van der Waals surface area contributed by atoms with Crippen molar-refractivity contribution in [1.82, 2.24) is 5.32 Å². The van der Waals surface area contributed by atoms with Gasteiger partial charge in [-0.3, -0.25) is 0 Å². The number of hydrogen-bond donors (Lipinski definition) is 1. The van der Waals surface area contributed by atoms with Gasteiger partial charge in [-0.25, -0.2) is 8.78 Å². The van der Waals surface area contributed by atoms with Crippen LogP contribution in [0.5, 0.6) is 0 Å². The summed E-state index contributed by atoms with van der Waals surface area (Å²) in [5.74, 6) is -0.810. The summed E-state index contributed by atoms with van der Waals surface area (Å²) in [5.41, 5.74) is 2.45. The monoisotopic (exact) mass is 261 g/mol. The predicted octanol–water partition coefficient (Wildman–Crippen LogP) is 4.22. The van der Waals surface area contributed by atoms with E-state index < -0.39 is 11.6 Å². The van der Waals surface area contributed by atoms with E-state index in [2.05, 4.69) is 5.32 Å². The van der Waals surface area contributed by atoms with Crippen LogP contribution in [-0.2, 0) is 0 Å². The summed E-state index contributed by atoms with van der Waals surface area (Å²) in [6.07, 6.45) is 0. The third kappa shape index (κ3) is 2.82. The Kier molecular flexibility index (Phi) is 3.96. The zero-order chi connectivity index (χ0) is 14.0. The molecule has 1 N–H and O–H groups in total. The molecule has 0 saturated carbocycles. The van der Waals surface area contributed by atoms with Gasteiger partial charge in [-0.1, -0.05) is 17.7 Å². The minimum absolute atomic E-state index is 0.0900. The fourth-order valence-corrected chi connectivity index (χ4v) is 2.03. The molecule has 0 amide bonds. The van der Waals surface area contributed by atoms with Crippen molar-refractivity contribution in [3.8, 4) is 11.1 Å². The average molecular weight is 261 g/mol. The van der Waals surface area contributed by atoms with Crippen molar-refractivity contribution in [2.45, 2.75) is 19.9 Å². The van der Waals surface area contributed by atoms with Gasteiger partial charge in [0.2, 0.25) is 0 Å². The largest absolute Gasteiger partial charge is 0.313 e. The Hall–Kier alpha value is -1.74. The molecule has 0 fully saturated rings. The number of hydrogen-bond acceptors (Lipinski definition) is 1. The van der Waals surface area contributed by atoms with E-state index in [4.69, 9.17) is 0 Å². The molecule has 1 atom stereocenters. The van der Waals surface area contributed by atoms with E-state index in [9.17, 15) is 8.78 Å². The lowest BCUT2D eigenvalue weighted by molar-refractivity contribution is 0.611. The lowest BCUT2D eigenvalue weighted by atomic mass is 9.98. The highest BCUT2D eigenvalue weighted by Gasteiger charge is 2.13. The zero-order valence-electron chi connectivity index (χ0n) is 11.3. The third-order valence-electron chi connectivity index (χ3n) is 3.34. The number of aryl methyl sites for hydroxylation is 1. The second kappa shape index (κ2) is 5.49. The van der Waals surface area contributed by atoms with Gasteiger partial charge in [-0.05, 0) is 50.7 Å². The van der Waals surface area contributed by atoms with Crippen molar-refractivity contribution < 1.29 is 8.78 Å². The lowest BCUT2D eigenvalue weighted by Crippen LogP contribution is -2.12. The molecule has 0 aliphatic rings. The molecule has 1 unspecified atom stereocenters. The van der Waals surface area contributed by atoms with Crippen molar-refractivity contribution in [1.29, 1.82) is 0 Å². The minimum atomic E-state index is -0.406. The molecule has 0 heterocycles. The fraction of sp³-hybridized carbons (Fsp3) is 0.250. The Bertz CT molecular complexity index is 593. The Morgan fingerprint density at radius 3 is 2.16 bits per heavy atom.